The highest BCUT2D eigenvalue weighted by Gasteiger charge is 2.20. The van der Waals surface area contributed by atoms with Gasteiger partial charge in [0.15, 0.2) is 0 Å². The first-order valence-electron chi connectivity index (χ1n) is 8.13. The lowest BCUT2D eigenvalue weighted by Crippen LogP contribution is -2.34. The number of hydrogen-bond donors (Lipinski definition) is 1. The predicted molar refractivity (Wildman–Crippen MR) is 92.6 cm³/mol. The summed E-state index contributed by atoms with van der Waals surface area (Å²) in [4.78, 5) is 12.5. The third-order valence-corrected chi connectivity index (χ3v) is 3.86. The Morgan fingerprint density at radius 2 is 1.83 bits per heavy atom. The molecule has 0 spiro atoms. The molecule has 124 valence electrons. The molecule has 0 radical (unpaired) electrons. The van der Waals surface area contributed by atoms with Crippen LogP contribution in [0.4, 0.5) is 0 Å². The van der Waals surface area contributed by atoms with Crippen LogP contribution in [0.3, 0.4) is 0 Å². The molecule has 2 rings (SSSR count). The van der Waals surface area contributed by atoms with Crippen molar-refractivity contribution in [2.45, 2.75) is 32.7 Å². The van der Waals surface area contributed by atoms with E-state index in [1.54, 1.807) is 7.11 Å². The average Bonchev–Trinajstić information content (AvgIpc) is 3.07. The Morgan fingerprint density at radius 1 is 1.17 bits per heavy atom. The van der Waals surface area contributed by atoms with Crippen molar-refractivity contribution < 1.29 is 9.53 Å². The van der Waals surface area contributed by atoms with E-state index in [9.17, 15) is 4.79 Å². The molecule has 1 aromatic carbocycles. The summed E-state index contributed by atoms with van der Waals surface area (Å²) in [7, 11) is 1.66. The molecule has 0 saturated carbocycles. The molecule has 0 aliphatic carbocycles. The van der Waals surface area contributed by atoms with Gasteiger partial charge < -0.3 is 14.6 Å². The van der Waals surface area contributed by atoms with E-state index in [-0.39, 0.29) is 11.9 Å². The number of amides is 1. The highest BCUT2D eigenvalue weighted by Crippen LogP contribution is 2.18. The molecule has 4 nitrogen and oxygen atoms in total. The maximum atomic E-state index is 12.5. The van der Waals surface area contributed by atoms with Crippen molar-refractivity contribution in [2.24, 2.45) is 5.92 Å². The second-order valence-corrected chi connectivity index (χ2v) is 6.16. The van der Waals surface area contributed by atoms with Crippen molar-refractivity contribution in [2.75, 3.05) is 13.7 Å². The number of benzene rings is 1. The smallest absolute Gasteiger partial charge is 0.243 e. The highest BCUT2D eigenvalue weighted by molar-refractivity contribution is 5.80. The van der Waals surface area contributed by atoms with Gasteiger partial charge in [-0.1, -0.05) is 26.0 Å². The summed E-state index contributed by atoms with van der Waals surface area (Å²) in [5.74, 6) is 1.40. The first-order chi connectivity index (χ1) is 11.1. The van der Waals surface area contributed by atoms with E-state index >= 15 is 0 Å². The van der Waals surface area contributed by atoms with E-state index in [0.717, 1.165) is 18.6 Å². The highest BCUT2D eigenvalue weighted by atomic mass is 16.5. The first-order valence-corrected chi connectivity index (χ1v) is 8.13. The van der Waals surface area contributed by atoms with Crippen LogP contribution in [-0.4, -0.2) is 24.1 Å². The quantitative estimate of drug-likeness (QED) is 0.811. The Balaban J connectivity index is 1.88. The topological polar surface area (TPSA) is 43.3 Å². The summed E-state index contributed by atoms with van der Waals surface area (Å²) >= 11 is 0. The van der Waals surface area contributed by atoms with Gasteiger partial charge in [0, 0.05) is 18.9 Å². The van der Waals surface area contributed by atoms with Crippen LogP contribution in [0.5, 0.6) is 5.75 Å². The lowest BCUT2D eigenvalue weighted by atomic mass is 10.0. The number of nitrogens with one attached hydrogen (secondary N) is 1. The zero-order chi connectivity index (χ0) is 16.7. The summed E-state index contributed by atoms with van der Waals surface area (Å²) in [5.41, 5.74) is 1.19. The zero-order valence-corrected chi connectivity index (χ0v) is 14.2. The first kappa shape index (κ1) is 17.1. The number of carbonyl (C=O) groups excluding carboxylic acids is 1. The van der Waals surface area contributed by atoms with Crippen LogP contribution in [0.15, 0.2) is 48.8 Å². The SMILES string of the molecule is COc1ccc(CCNC(=O)[C@@H](CC(C)C)n2cccc2)cc1. The van der Waals surface area contributed by atoms with Gasteiger partial charge in [0.2, 0.25) is 5.91 Å². The van der Waals surface area contributed by atoms with E-state index < -0.39 is 0 Å². The van der Waals surface area contributed by atoms with Crippen molar-refractivity contribution in [3.8, 4) is 5.75 Å². The standard InChI is InChI=1S/C19H26N2O2/c1-15(2)14-18(21-12-4-5-13-21)19(22)20-11-10-16-6-8-17(23-3)9-7-16/h4-9,12-13,15,18H,10-11,14H2,1-3H3,(H,20,22)/t18-/m1/s1. The van der Waals surface area contributed by atoms with Gasteiger partial charge in [0.05, 0.1) is 7.11 Å². The number of ether oxygens (including phenoxy) is 1. The second kappa shape index (κ2) is 8.42. The number of aromatic nitrogens is 1. The van der Waals surface area contributed by atoms with E-state index in [2.05, 4.69) is 19.2 Å². The molecule has 0 aliphatic rings. The van der Waals surface area contributed by atoms with Crippen molar-refractivity contribution >= 4 is 5.91 Å². The summed E-state index contributed by atoms with van der Waals surface area (Å²) < 4.78 is 7.14. The maximum Gasteiger partial charge on any atom is 0.243 e. The number of rotatable bonds is 8. The molecule has 23 heavy (non-hydrogen) atoms. The molecule has 4 heteroatoms. The van der Waals surface area contributed by atoms with E-state index in [1.807, 2.05) is 53.4 Å². The van der Waals surface area contributed by atoms with Crippen molar-refractivity contribution in [1.29, 1.82) is 0 Å². The minimum atomic E-state index is -0.138. The van der Waals surface area contributed by atoms with Gasteiger partial charge >= 0.3 is 0 Å². The second-order valence-electron chi connectivity index (χ2n) is 6.16. The molecule has 1 N–H and O–H groups in total. The molecule has 2 aromatic rings. The fourth-order valence-corrected chi connectivity index (χ4v) is 2.61. The number of methoxy groups -OCH3 is 1. The largest absolute Gasteiger partial charge is 0.497 e. The lowest BCUT2D eigenvalue weighted by Gasteiger charge is -2.20. The Labute approximate surface area is 138 Å². The fourth-order valence-electron chi connectivity index (χ4n) is 2.61. The van der Waals surface area contributed by atoms with Gasteiger partial charge in [-0.2, -0.15) is 0 Å². The van der Waals surface area contributed by atoms with Crippen LogP contribution in [-0.2, 0) is 11.2 Å². The minimum Gasteiger partial charge on any atom is -0.497 e. The number of carbonyl (C=O) groups is 1. The molecular weight excluding hydrogens is 288 g/mol. The van der Waals surface area contributed by atoms with E-state index in [0.29, 0.717) is 12.5 Å². The third kappa shape index (κ3) is 5.16. The summed E-state index contributed by atoms with van der Waals surface area (Å²) in [6.45, 7) is 4.92. The van der Waals surface area contributed by atoms with Crippen LogP contribution in [0.1, 0.15) is 31.9 Å². The molecule has 1 aromatic heterocycles. The monoisotopic (exact) mass is 314 g/mol. The molecule has 0 bridgehead atoms. The maximum absolute atomic E-state index is 12.5. The van der Waals surface area contributed by atoms with E-state index in [4.69, 9.17) is 4.74 Å². The van der Waals surface area contributed by atoms with Crippen LogP contribution in [0.25, 0.3) is 0 Å². The van der Waals surface area contributed by atoms with Gasteiger partial charge in [0.1, 0.15) is 11.8 Å². The van der Waals surface area contributed by atoms with Gasteiger partial charge in [0.25, 0.3) is 0 Å². The molecule has 1 heterocycles. The minimum absolute atomic E-state index is 0.0865. The van der Waals surface area contributed by atoms with Gasteiger partial charge in [-0.15, -0.1) is 0 Å². The molecular formula is C19H26N2O2. The third-order valence-electron chi connectivity index (χ3n) is 3.86. The van der Waals surface area contributed by atoms with Crippen LogP contribution in [0.2, 0.25) is 0 Å². The fraction of sp³-hybridized carbons (Fsp3) is 0.421. The molecule has 0 fully saturated rings. The Kier molecular flexibility index (Phi) is 6.27. The van der Waals surface area contributed by atoms with Crippen molar-refractivity contribution in [1.82, 2.24) is 9.88 Å². The molecule has 0 unspecified atom stereocenters. The van der Waals surface area contributed by atoms with Crippen molar-refractivity contribution in [3.05, 3.63) is 54.4 Å². The molecule has 1 amide bonds. The van der Waals surface area contributed by atoms with Gasteiger partial charge in [-0.3, -0.25) is 4.79 Å². The Morgan fingerprint density at radius 3 is 2.39 bits per heavy atom. The zero-order valence-electron chi connectivity index (χ0n) is 14.2. The number of nitrogens with zero attached hydrogens (tertiary/aromatic N) is 1. The Bertz CT molecular complexity index is 588. The van der Waals surface area contributed by atoms with Crippen LogP contribution < -0.4 is 10.1 Å². The summed E-state index contributed by atoms with van der Waals surface area (Å²) in [6, 6.07) is 11.7. The Hall–Kier alpha value is -2.23. The molecule has 0 aliphatic heterocycles. The number of hydrogen-bond acceptors (Lipinski definition) is 2. The van der Waals surface area contributed by atoms with Crippen molar-refractivity contribution in [3.63, 3.8) is 0 Å². The average molecular weight is 314 g/mol. The lowest BCUT2D eigenvalue weighted by molar-refractivity contribution is -0.124. The molecule has 1 atom stereocenters. The van der Waals surface area contributed by atoms with E-state index in [1.165, 1.54) is 5.56 Å². The van der Waals surface area contributed by atoms with Gasteiger partial charge in [-0.25, -0.2) is 0 Å². The predicted octanol–water partition coefficient (Wildman–Crippen LogP) is 3.44. The summed E-state index contributed by atoms with van der Waals surface area (Å²) in [6.07, 6.45) is 5.56. The van der Waals surface area contributed by atoms with Crippen LogP contribution >= 0.6 is 0 Å². The van der Waals surface area contributed by atoms with Gasteiger partial charge in [-0.05, 0) is 48.6 Å². The molecule has 0 saturated heterocycles. The normalized spacial score (nSPS) is 12.2. The summed E-state index contributed by atoms with van der Waals surface area (Å²) in [5, 5.41) is 3.06. The van der Waals surface area contributed by atoms with Crippen LogP contribution in [0, 0.1) is 5.92 Å².